The van der Waals surface area contributed by atoms with E-state index >= 15 is 0 Å². The highest BCUT2D eigenvalue weighted by molar-refractivity contribution is 5.84. The van der Waals surface area contributed by atoms with Gasteiger partial charge in [0.05, 0.1) is 18.3 Å². The zero-order valence-electron chi connectivity index (χ0n) is 31.5. The molecule has 1 amide bonds. The van der Waals surface area contributed by atoms with E-state index in [0.29, 0.717) is 35.5 Å². The molecule has 0 aromatic heterocycles. The number of esters is 1. The van der Waals surface area contributed by atoms with Gasteiger partial charge in [-0.15, -0.1) is 0 Å². The first-order valence-electron chi connectivity index (χ1n) is 19.4. The molecule has 270 valence electrons. The number of carboxylic acid groups (broad SMARTS) is 1. The number of piperazine rings is 1. The molecule has 7 heteroatoms. The Balaban J connectivity index is 1.25. The number of aliphatic carboxylic acids is 1. The molecule has 7 nitrogen and oxygen atoms in total. The summed E-state index contributed by atoms with van der Waals surface area (Å²) in [6.45, 7) is 26.4. The molecule has 0 bridgehead atoms. The van der Waals surface area contributed by atoms with E-state index in [0.717, 1.165) is 71.1 Å². The maximum absolute atomic E-state index is 14.6. The first-order chi connectivity index (χ1) is 22.3. The molecule has 1 heterocycles. The minimum absolute atomic E-state index is 0.0458. The molecule has 0 unspecified atom stereocenters. The third-order valence-corrected chi connectivity index (χ3v) is 16.4. The number of amides is 1. The zero-order chi connectivity index (χ0) is 35.1. The van der Waals surface area contributed by atoms with Gasteiger partial charge in [-0.25, -0.2) is 0 Å². The van der Waals surface area contributed by atoms with Crippen LogP contribution in [-0.4, -0.2) is 60.1 Å². The molecule has 0 aromatic rings. The van der Waals surface area contributed by atoms with Crippen LogP contribution in [-0.2, 0) is 19.1 Å². The van der Waals surface area contributed by atoms with E-state index in [-0.39, 0.29) is 52.0 Å². The van der Waals surface area contributed by atoms with Crippen molar-refractivity contribution in [2.24, 2.45) is 62.1 Å². The van der Waals surface area contributed by atoms with E-state index in [1.54, 1.807) is 0 Å². The molecule has 1 saturated heterocycles. The Labute approximate surface area is 290 Å². The summed E-state index contributed by atoms with van der Waals surface area (Å²) in [5.74, 6) is 1.70. The minimum Gasteiger partial charge on any atom is -0.481 e. The molecular weight excluding hydrogens is 600 g/mol. The number of fused-ring (bicyclic) bond motifs is 7. The first kappa shape index (κ1) is 35.9. The number of carbonyl (C=O) groups excluding carboxylic acids is 2. The lowest BCUT2D eigenvalue weighted by atomic mass is 9.32. The Hall–Kier alpha value is -1.89. The highest BCUT2D eigenvalue weighted by Crippen LogP contribution is 2.77. The quantitative estimate of drug-likeness (QED) is 0.212. The summed E-state index contributed by atoms with van der Waals surface area (Å²) in [6.07, 6.45) is 10.9. The molecule has 6 aliphatic rings. The van der Waals surface area contributed by atoms with Crippen molar-refractivity contribution in [3.05, 3.63) is 12.2 Å². The van der Waals surface area contributed by atoms with Gasteiger partial charge in [-0.3, -0.25) is 14.4 Å². The van der Waals surface area contributed by atoms with Gasteiger partial charge in [-0.1, -0.05) is 60.6 Å². The number of rotatable bonds is 7. The van der Waals surface area contributed by atoms with Gasteiger partial charge in [0.1, 0.15) is 6.10 Å². The summed E-state index contributed by atoms with van der Waals surface area (Å²) >= 11 is 0. The second-order valence-electron chi connectivity index (χ2n) is 19.6. The average molecular weight is 667 g/mol. The second-order valence-corrected chi connectivity index (χ2v) is 19.6. The van der Waals surface area contributed by atoms with Gasteiger partial charge < -0.3 is 20.1 Å². The van der Waals surface area contributed by atoms with Crippen molar-refractivity contribution in [3.63, 3.8) is 0 Å². The summed E-state index contributed by atoms with van der Waals surface area (Å²) in [7, 11) is 0. The number of carboxylic acids is 1. The van der Waals surface area contributed by atoms with E-state index in [4.69, 9.17) is 4.74 Å². The molecule has 0 spiro atoms. The van der Waals surface area contributed by atoms with Gasteiger partial charge in [0, 0.05) is 31.6 Å². The maximum Gasteiger partial charge on any atom is 0.306 e. The number of nitrogens with one attached hydrogen (secondary N) is 1. The number of carbonyl (C=O) groups is 3. The van der Waals surface area contributed by atoms with E-state index in [1.165, 1.54) is 24.8 Å². The highest BCUT2D eigenvalue weighted by atomic mass is 16.5. The molecule has 10 atom stereocenters. The Morgan fingerprint density at radius 3 is 2.19 bits per heavy atom. The second kappa shape index (κ2) is 12.1. The number of hydrogen-bond acceptors (Lipinski definition) is 5. The Kier molecular flexibility index (Phi) is 9.07. The molecule has 5 saturated carbocycles. The SMILES string of the molecule is C=C(C)[C@@H]1CC[C@]2(C(=O)N3CCNCC3)CC[C@]3(C)[C@H](CC[C@@H]4[C@@]5(C)CC[C@H](OC(=O)CC(C)(C)CC(=O)O)C(C)(C)[C@@H]5CC[C@]43C)[C@@H]12. The lowest BCUT2D eigenvalue weighted by Crippen LogP contribution is -2.67. The monoisotopic (exact) mass is 666 g/mol. The summed E-state index contributed by atoms with van der Waals surface area (Å²) in [6, 6.07) is 0. The normalized spacial score (nSPS) is 43.6. The molecule has 0 radical (unpaired) electrons. The predicted octanol–water partition coefficient (Wildman–Crippen LogP) is 7.88. The molecule has 2 N–H and O–H groups in total. The third kappa shape index (κ3) is 5.41. The van der Waals surface area contributed by atoms with Gasteiger partial charge in [0.25, 0.3) is 0 Å². The van der Waals surface area contributed by atoms with Crippen LogP contribution in [0.15, 0.2) is 12.2 Å². The van der Waals surface area contributed by atoms with Gasteiger partial charge in [0.15, 0.2) is 0 Å². The largest absolute Gasteiger partial charge is 0.481 e. The summed E-state index contributed by atoms with van der Waals surface area (Å²) in [5, 5.41) is 12.8. The molecular formula is C41H66N2O5. The molecule has 48 heavy (non-hydrogen) atoms. The zero-order valence-corrected chi connectivity index (χ0v) is 31.5. The van der Waals surface area contributed by atoms with Crippen LogP contribution in [0.5, 0.6) is 0 Å². The molecule has 6 fully saturated rings. The fourth-order valence-corrected chi connectivity index (χ4v) is 13.9. The molecule has 0 aromatic carbocycles. The first-order valence-corrected chi connectivity index (χ1v) is 19.4. The fourth-order valence-electron chi connectivity index (χ4n) is 13.9. The summed E-state index contributed by atoms with van der Waals surface area (Å²) < 4.78 is 6.27. The predicted molar refractivity (Wildman–Crippen MR) is 189 cm³/mol. The molecule has 5 aliphatic carbocycles. The van der Waals surface area contributed by atoms with Crippen LogP contribution in [0.3, 0.4) is 0 Å². The maximum atomic E-state index is 14.6. The van der Waals surface area contributed by atoms with Crippen molar-refractivity contribution in [2.75, 3.05) is 26.2 Å². The van der Waals surface area contributed by atoms with Crippen LogP contribution in [0.2, 0.25) is 0 Å². The fraction of sp³-hybridized carbons (Fsp3) is 0.878. The van der Waals surface area contributed by atoms with Crippen molar-refractivity contribution >= 4 is 17.8 Å². The van der Waals surface area contributed by atoms with Gasteiger partial charge in [-0.05, 0) is 122 Å². The van der Waals surface area contributed by atoms with Crippen LogP contribution in [0, 0.1) is 62.1 Å². The standard InChI is InChI=1S/C41H66N2O5/c1-26(2)27-12-17-41(35(47)43-22-20-42-21-23-43)19-18-39(8)28(34(27)41)10-11-30-38(7)15-14-31(37(5,6)29(38)13-16-40(30,39)9)48-33(46)25-36(3,4)24-32(44)45/h27-31,34,42H,1,10-25H2,2-9H3,(H,44,45)/t27-,28+,29-,30+,31-,34+,38-,39+,40+,41-/m0/s1. The summed E-state index contributed by atoms with van der Waals surface area (Å²) in [5.41, 5.74) is 0.766. The van der Waals surface area contributed by atoms with E-state index < -0.39 is 11.4 Å². The van der Waals surface area contributed by atoms with Gasteiger partial charge in [-0.2, -0.15) is 0 Å². The van der Waals surface area contributed by atoms with Gasteiger partial charge >= 0.3 is 11.9 Å². The Morgan fingerprint density at radius 2 is 1.54 bits per heavy atom. The van der Waals surface area contributed by atoms with Crippen molar-refractivity contribution in [3.8, 4) is 0 Å². The lowest BCUT2D eigenvalue weighted by Gasteiger charge is -2.73. The Bertz CT molecular complexity index is 1320. The smallest absolute Gasteiger partial charge is 0.306 e. The summed E-state index contributed by atoms with van der Waals surface area (Å²) in [4.78, 5) is 41.4. The number of allylic oxidation sites excluding steroid dienone is 1. The Morgan fingerprint density at radius 1 is 0.854 bits per heavy atom. The highest BCUT2D eigenvalue weighted by Gasteiger charge is 2.72. The average Bonchev–Trinajstić information content (AvgIpc) is 3.39. The van der Waals surface area contributed by atoms with Crippen molar-refractivity contribution < 1.29 is 24.2 Å². The van der Waals surface area contributed by atoms with E-state index in [9.17, 15) is 19.5 Å². The van der Waals surface area contributed by atoms with E-state index in [1.807, 2.05) is 13.8 Å². The van der Waals surface area contributed by atoms with Crippen molar-refractivity contribution in [1.29, 1.82) is 0 Å². The lowest BCUT2D eigenvalue weighted by molar-refractivity contribution is -0.250. The van der Waals surface area contributed by atoms with Crippen LogP contribution in [0.1, 0.15) is 132 Å². The number of ether oxygens (including phenoxy) is 1. The van der Waals surface area contributed by atoms with Crippen molar-refractivity contribution in [2.45, 2.75) is 139 Å². The van der Waals surface area contributed by atoms with Gasteiger partial charge in [0.2, 0.25) is 5.91 Å². The molecule has 6 rings (SSSR count). The van der Waals surface area contributed by atoms with Crippen LogP contribution < -0.4 is 5.32 Å². The van der Waals surface area contributed by atoms with Crippen LogP contribution in [0.4, 0.5) is 0 Å². The van der Waals surface area contributed by atoms with E-state index in [2.05, 4.69) is 58.3 Å². The van der Waals surface area contributed by atoms with Crippen LogP contribution >= 0.6 is 0 Å². The number of nitrogens with zero attached hydrogens (tertiary/aromatic N) is 1. The minimum atomic E-state index is -0.881. The van der Waals surface area contributed by atoms with Crippen molar-refractivity contribution in [1.82, 2.24) is 10.2 Å². The molecule has 1 aliphatic heterocycles. The number of hydrogen-bond donors (Lipinski definition) is 2. The topological polar surface area (TPSA) is 95.9 Å². The van der Waals surface area contributed by atoms with Crippen LogP contribution in [0.25, 0.3) is 0 Å². The third-order valence-electron chi connectivity index (χ3n) is 16.4.